The molecule has 2 aromatic rings. The van der Waals surface area contributed by atoms with Crippen LogP contribution in [0.1, 0.15) is 24.8 Å². The van der Waals surface area contributed by atoms with E-state index in [9.17, 15) is 9.59 Å². The van der Waals surface area contributed by atoms with Gasteiger partial charge < -0.3 is 9.30 Å². The number of nitrogens with zero attached hydrogens (tertiary/aromatic N) is 4. The highest BCUT2D eigenvalue weighted by Gasteiger charge is 2.45. The lowest BCUT2D eigenvalue weighted by atomic mass is 10.0. The molecular formula is C15H16N4O2. The molecule has 2 aliphatic rings. The molecule has 0 spiro atoms. The van der Waals surface area contributed by atoms with Crippen LogP contribution in [0.15, 0.2) is 30.9 Å². The molecule has 4 rings (SSSR count). The summed E-state index contributed by atoms with van der Waals surface area (Å²) in [5.41, 5.74) is 1.93. The quantitative estimate of drug-likeness (QED) is 0.788. The number of hydrogen-bond acceptors (Lipinski definition) is 3. The van der Waals surface area contributed by atoms with Crippen LogP contribution in [0.4, 0.5) is 4.79 Å². The van der Waals surface area contributed by atoms with Gasteiger partial charge in [0.25, 0.3) is 5.91 Å². The number of pyridine rings is 1. The average molecular weight is 284 g/mol. The van der Waals surface area contributed by atoms with Crippen LogP contribution in [0, 0.1) is 0 Å². The highest BCUT2D eigenvalue weighted by atomic mass is 16.2. The molecule has 1 atom stereocenters. The molecule has 2 fully saturated rings. The summed E-state index contributed by atoms with van der Waals surface area (Å²) in [6, 6.07) is 3.51. The first kappa shape index (κ1) is 12.4. The fraction of sp³-hybridized carbons (Fsp3) is 0.400. The number of amides is 3. The number of rotatable bonds is 2. The van der Waals surface area contributed by atoms with E-state index in [1.54, 1.807) is 17.4 Å². The number of hydrogen-bond donors (Lipinski definition) is 0. The van der Waals surface area contributed by atoms with Crippen LogP contribution in [0.3, 0.4) is 0 Å². The molecule has 3 amide bonds. The van der Waals surface area contributed by atoms with E-state index in [-0.39, 0.29) is 18.0 Å². The smallest absolute Gasteiger partial charge is 0.312 e. The van der Waals surface area contributed by atoms with Crippen molar-refractivity contribution in [3.63, 3.8) is 0 Å². The Morgan fingerprint density at radius 1 is 1.24 bits per heavy atom. The number of carbonyl (C=O) groups is 2. The molecule has 0 saturated carbocycles. The second kappa shape index (κ2) is 4.58. The molecule has 0 aliphatic carbocycles. The van der Waals surface area contributed by atoms with Crippen molar-refractivity contribution in [2.75, 3.05) is 6.54 Å². The molecule has 2 aliphatic heterocycles. The van der Waals surface area contributed by atoms with Gasteiger partial charge in [-0.1, -0.05) is 6.07 Å². The fourth-order valence-corrected chi connectivity index (χ4v) is 3.23. The number of fused-ring (bicyclic) bond motifs is 2. The van der Waals surface area contributed by atoms with Gasteiger partial charge >= 0.3 is 6.03 Å². The lowest BCUT2D eigenvalue weighted by Crippen LogP contribution is -2.38. The molecule has 108 valence electrons. The van der Waals surface area contributed by atoms with Crippen LogP contribution in [-0.2, 0) is 11.3 Å². The minimum atomic E-state index is -0.233. The highest BCUT2D eigenvalue weighted by molar-refractivity contribution is 6.04. The third-order valence-corrected chi connectivity index (χ3v) is 4.34. The zero-order valence-corrected chi connectivity index (χ0v) is 11.6. The van der Waals surface area contributed by atoms with E-state index >= 15 is 0 Å². The highest BCUT2D eigenvalue weighted by Crippen LogP contribution is 2.27. The van der Waals surface area contributed by atoms with E-state index in [0.29, 0.717) is 13.1 Å². The van der Waals surface area contributed by atoms with Gasteiger partial charge in [-0.15, -0.1) is 0 Å². The summed E-state index contributed by atoms with van der Waals surface area (Å²) in [6.45, 7) is 1.03. The number of piperidine rings is 1. The predicted molar refractivity (Wildman–Crippen MR) is 75.5 cm³/mol. The van der Waals surface area contributed by atoms with E-state index < -0.39 is 0 Å². The van der Waals surface area contributed by atoms with E-state index in [0.717, 1.165) is 30.3 Å². The van der Waals surface area contributed by atoms with Crippen molar-refractivity contribution in [3.8, 4) is 0 Å². The summed E-state index contributed by atoms with van der Waals surface area (Å²) in [6.07, 6.45) is 8.22. The molecule has 0 bridgehead atoms. The first-order chi connectivity index (χ1) is 10.2. The van der Waals surface area contributed by atoms with Crippen molar-refractivity contribution in [1.29, 1.82) is 0 Å². The van der Waals surface area contributed by atoms with E-state index in [1.165, 1.54) is 4.90 Å². The van der Waals surface area contributed by atoms with Gasteiger partial charge in [0.2, 0.25) is 0 Å². The first-order valence-corrected chi connectivity index (χ1v) is 7.26. The summed E-state index contributed by atoms with van der Waals surface area (Å²) in [4.78, 5) is 32.0. The summed E-state index contributed by atoms with van der Waals surface area (Å²) >= 11 is 0. The van der Waals surface area contributed by atoms with Crippen LogP contribution in [0.25, 0.3) is 5.52 Å². The lowest BCUT2D eigenvalue weighted by Gasteiger charge is -2.26. The topological polar surface area (TPSA) is 57.9 Å². The van der Waals surface area contributed by atoms with Gasteiger partial charge in [-0.05, 0) is 30.9 Å². The van der Waals surface area contributed by atoms with Crippen LogP contribution >= 0.6 is 0 Å². The minimum absolute atomic E-state index is 0.0505. The molecule has 0 N–H and O–H groups in total. The van der Waals surface area contributed by atoms with Crippen LogP contribution in [0.5, 0.6) is 0 Å². The van der Waals surface area contributed by atoms with Crippen LogP contribution in [-0.4, -0.2) is 43.7 Å². The average Bonchev–Trinajstić information content (AvgIpc) is 3.06. The van der Waals surface area contributed by atoms with Gasteiger partial charge in [0.1, 0.15) is 6.04 Å². The van der Waals surface area contributed by atoms with Crippen molar-refractivity contribution in [2.24, 2.45) is 0 Å². The number of carbonyl (C=O) groups excluding carboxylic acids is 2. The number of urea groups is 1. The molecule has 4 heterocycles. The predicted octanol–water partition coefficient (Wildman–Crippen LogP) is 1.65. The van der Waals surface area contributed by atoms with Gasteiger partial charge in [0, 0.05) is 12.7 Å². The minimum Gasteiger partial charge on any atom is -0.312 e. The second-order valence-electron chi connectivity index (χ2n) is 5.68. The largest absolute Gasteiger partial charge is 0.327 e. The van der Waals surface area contributed by atoms with Gasteiger partial charge in [0.15, 0.2) is 0 Å². The Morgan fingerprint density at radius 3 is 3.00 bits per heavy atom. The molecule has 6 nitrogen and oxygen atoms in total. The summed E-state index contributed by atoms with van der Waals surface area (Å²) in [7, 11) is 0. The Kier molecular flexibility index (Phi) is 2.70. The third-order valence-electron chi connectivity index (χ3n) is 4.34. The lowest BCUT2D eigenvalue weighted by molar-refractivity contribution is -0.129. The van der Waals surface area contributed by atoms with Crippen molar-refractivity contribution in [1.82, 2.24) is 19.2 Å². The molecule has 2 saturated heterocycles. The summed E-state index contributed by atoms with van der Waals surface area (Å²) in [5, 5.41) is 0. The molecule has 2 aromatic heterocycles. The zero-order valence-electron chi connectivity index (χ0n) is 11.6. The van der Waals surface area contributed by atoms with E-state index in [1.807, 2.05) is 22.7 Å². The number of imide groups is 1. The van der Waals surface area contributed by atoms with Gasteiger partial charge in [0.05, 0.1) is 24.6 Å². The molecule has 6 heteroatoms. The molecule has 0 radical (unpaired) electrons. The van der Waals surface area contributed by atoms with Gasteiger partial charge in [-0.25, -0.2) is 9.78 Å². The summed E-state index contributed by atoms with van der Waals surface area (Å²) < 4.78 is 1.90. The molecule has 0 unspecified atom stereocenters. The third kappa shape index (κ3) is 1.90. The fourth-order valence-electron chi connectivity index (χ4n) is 3.23. The first-order valence-electron chi connectivity index (χ1n) is 7.26. The van der Waals surface area contributed by atoms with Gasteiger partial charge in [-0.2, -0.15) is 0 Å². The summed E-state index contributed by atoms with van der Waals surface area (Å²) in [5.74, 6) is -0.0505. The van der Waals surface area contributed by atoms with Crippen molar-refractivity contribution < 1.29 is 9.59 Å². The maximum absolute atomic E-state index is 12.4. The van der Waals surface area contributed by atoms with Crippen molar-refractivity contribution in [2.45, 2.75) is 31.8 Å². The Labute approximate surface area is 122 Å². The maximum atomic E-state index is 12.4. The molecule has 0 aromatic carbocycles. The number of aromatic nitrogens is 2. The Hall–Kier alpha value is -2.37. The monoisotopic (exact) mass is 284 g/mol. The normalized spacial score (nSPS) is 22.2. The van der Waals surface area contributed by atoms with E-state index in [2.05, 4.69) is 4.98 Å². The second-order valence-corrected chi connectivity index (χ2v) is 5.68. The Balaban J connectivity index is 1.61. The van der Waals surface area contributed by atoms with Crippen molar-refractivity contribution in [3.05, 3.63) is 36.4 Å². The van der Waals surface area contributed by atoms with Crippen LogP contribution in [0.2, 0.25) is 0 Å². The Bertz CT molecular complexity index is 699. The molecular weight excluding hydrogens is 268 g/mol. The SMILES string of the molecule is O=C1[C@H]2CCCCN2C(=O)N1Cc1ccc2cncn2c1. The molecule has 21 heavy (non-hydrogen) atoms. The van der Waals surface area contributed by atoms with Gasteiger partial charge in [-0.3, -0.25) is 9.69 Å². The van der Waals surface area contributed by atoms with E-state index in [4.69, 9.17) is 0 Å². The number of imidazole rings is 1. The zero-order chi connectivity index (χ0) is 14.4. The standard InChI is InChI=1S/C15H16N4O2/c20-14-13-3-1-2-6-18(13)15(21)19(14)9-11-4-5-12-7-16-10-17(12)8-11/h4-5,7-8,10,13H,1-3,6,9H2/t13-/m1/s1. The maximum Gasteiger partial charge on any atom is 0.327 e. The Morgan fingerprint density at radius 2 is 2.14 bits per heavy atom. The van der Waals surface area contributed by atoms with Crippen molar-refractivity contribution >= 4 is 17.5 Å². The van der Waals surface area contributed by atoms with Crippen LogP contribution < -0.4 is 0 Å².